The van der Waals surface area contributed by atoms with E-state index in [1.807, 2.05) is 32.0 Å². The van der Waals surface area contributed by atoms with Crippen molar-refractivity contribution in [3.63, 3.8) is 0 Å². The van der Waals surface area contributed by atoms with Gasteiger partial charge in [-0.05, 0) is 48.6 Å². The van der Waals surface area contributed by atoms with Crippen molar-refractivity contribution in [2.75, 3.05) is 13.2 Å². The number of rotatable bonds is 7. The van der Waals surface area contributed by atoms with Crippen LogP contribution in [0.5, 0.6) is 11.5 Å². The first-order valence-electron chi connectivity index (χ1n) is 10.9. The fraction of sp³-hybridized carbons (Fsp3) is 0.346. The van der Waals surface area contributed by atoms with Crippen LogP contribution in [0.3, 0.4) is 0 Å². The third-order valence-corrected chi connectivity index (χ3v) is 5.01. The number of ether oxygens (including phenoxy) is 2. The average molecular weight is 452 g/mol. The topological polar surface area (TPSA) is 94.8 Å². The molecule has 0 atom stereocenters. The predicted octanol–water partition coefficient (Wildman–Crippen LogP) is 4.52. The zero-order chi connectivity index (χ0) is 24.2. The number of esters is 1. The molecule has 33 heavy (non-hydrogen) atoms. The first kappa shape index (κ1) is 24.0. The molecule has 0 aliphatic rings. The maximum Gasteiger partial charge on any atom is 0.349 e. The molecular weight excluding hydrogens is 422 g/mol. The van der Waals surface area contributed by atoms with E-state index in [2.05, 4.69) is 26.1 Å². The monoisotopic (exact) mass is 451 g/mol. The van der Waals surface area contributed by atoms with Crippen molar-refractivity contribution in [2.45, 2.75) is 46.5 Å². The fourth-order valence-electron chi connectivity index (χ4n) is 3.30. The molecule has 3 aromatic rings. The second kappa shape index (κ2) is 9.90. The Labute approximate surface area is 192 Å². The Morgan fingerprint density at radius 3 is 2.52 bits per heavy atom. The van der Waals surface area contributed by atoms with Crippen LogP contribution in [0.25, 0.3) is 11.0 Å². The first-order valence-corrected chi connectivity index (χ1v) is 10.9. The molecule has 7 heteroatoms. The molecule has 3 rings (SSSR count). The number of hydrogen-bond acceptors (Lipinski definition) is 6. The first-order chi connectivity index (χ1) is 15.6. The van der Waals surface area contributed by atoms with Gasteiger partial charge >= 0.3 is 11.6 Å². The minimum Gasteiger partial charge on any atom is -0.482 e. The van der Waals surface area contributed by atoms with E-state index in [1.54, 1.807) is 12.1 Å². The zero-order valence-corrected chi connectivity index (χ0v) is 19.6. The van der Waals surface area contributed by atoms with Crippen LogP contribution in [0.1, 0.15) is 55.6 Å². The Hall–Kier alpha value is -3.61. The summed E-state index contributed by atoms with van der Waals surface area (Å²) in [6.07, 6.45) is 0.754. The highest BCUT2D eigenvalue weighted by Gasteiger charge is 2.20. The van der Waals surface area contributed by atoms with Crippen LogP contribution >= 0.6 is 0 Å². The molecule has 0 bridgehead atoms. The van der Waals surface area contributed by atoms with Crippen molar-refractivity contribution in [1.29, 1.82) is 0 Å². The molecule has 1 N–H and O–H groups in total. The molecule has 0 aliphatic heterocycles. The molecule has 0 saturated heterocycles. The van der Waals surface area contributed by atoms with Gasteiger partial charge < -0.3 is 19.2 Å². The van der Waals surface area contributed by atoms with Crippen molar-refractivity contribution < 1.29 is 23.5 Å². The Bertz CT molecular complexity index is 1240. The van der Waals surface area contributed by atoms with Crippen molar-refractivity contribution in [2.24, 2.45) is 0 Å². The van der Waals surface area contributed by atoms with Gasteiger partial charge in [0.2, 0.25) is 0 Å². The highest BCUT2D eigenvalue weighted by atomic mass is 16.6. The number of hydrogen-bond donors (Lipinski definition) is 1. The lowest BCUT2D eigenvalue weighted by atomic mass is 9.85. The minimum atomic E-state index is -0.753. The lowest BCUT2D eigenvalue weighted by Crippen LogP contribution is -2.28. The van der Waals surface area contributed by atoms with Gasteiger partial charge in [-0.1, -0.05) is 45.4 Å². The smallest absolute Gasteiger partial charge is 0.349 e. The Balaban J connectivity index is 1.72. The second-order valence-corrected chi connectivity index (χ2v) is 8.92. The average Bonchev–Trinajstić information content (AvgIpc) is 2.75. The molecule has 174 valence electrons. The lowest BCUT2D eigenvalue weighted by Gasteiger charge is -2.23. The minimum absolute atomic E-state index is 0.0677. The summed E-state index contributed by atoms with van der Waals surface area (Å²) in [6.45, 7) is 10.4. The molecule has 0 aliphatic carbocycles. The summed E-state index contributed by atoms with van der Waals surface area (Å²) in [5.74, 6) is -0.232. The van der Waals surface area contributed by atoms with Crippen LogP contribution in [-0.2, 0) is 10.2 Å². The van der Waals surface area contributed by atoms with Gasteiger partial charge in [0.05, 0.1) is 0 Å². The van der Waals surface area contributed by atoms with Crippen LogP contribution in [0.2, 0.25) is 0 Å². The van der Waals surface area contributed by atoms with Crippen LogP contribution < -0.4 is 20.4 Å². The van der Waals surface area contributed by atoms with Gasteiger partial charge in [0.15, 0.2) is 6.61 Å². The molecule has 7 nitrogen and oxygen atoms in total. The summed E-state index contributed by atoms with van der Waals surface area (Å²) in [4.78, 5) is 36.7. The number of amides is 1. The predicted molar refractivity (Wildman–Crippen MR) is 126 cm³/mol. The van der Waals surface area contributed by atoms with E-state index in [0.717, 1.165) is 17.5 Å². The van der Waals surface area contributed by atoms with E-state index in [-0.39, 0.29) is 28.9 Å². The highest BCUT2D eigenvalue weighted by molar-refractivity contribution is 5.96. The maximum atomic E-state index is 12.4. The number of benzene rings is 2. The number of aryl methyl sites for hydroxylation is 1. The quantitative estimate of drug-likeness (QED) is 0.322. The molecule has 2 aromatic carbocycles. The summed E-state index contributed by atoms with van der Waals surface area (Å²) in [6, 6.07) is 11.9. The number of fused-ring (bicyclic) bond motifs is 1. The molecule has 1 amide bonds. The van der Waals surface area contributed by atoms with Gasteiger partial charge in [-0.2, -0.15) is 0 Å². The maximum absolute atomic E-state index is 12.4. The number of nitrogens with one attached hydrogen (secondary N) is 1. The normalized spacial score (nSPS) is 11.3. The van der Waals surface area contributed by atoms with Gasteiger partial charge in [0, 0.05) is 18.0 Å². The van der Waals surface area contributed by atoms with Gasteiger partial charge in [-0.25, -0.2) is 9.59 Å². The number of carbonyl (C=O) groups is 2. The second-order valence-electron chi connectivity index (χ2n) is 8.92. The molecule has 0 radical (unpaired) electrons. The van der Waals surface area contributed by atoms with E-state index in [9.17, 15) is 14.4 Å². The van der Waals surface area contributed by atoms with Crippen LogP contribution in [-0.4, -0.2) is 25.0 Å². The van der Waals surface area contributed by atoms with Crippen molar-refractivity contribution in [1.82, 2.24) is 5.32 Å². The zero-order valence-electron chi connectivity index (χ0n) is 19.6. The van der Waals surface area contributed by atoms with Crippen molar-refractivity contribution in [3.05, 3.63) is 69.6 Å². The van der Waals surface area contributed by atoms with E-state index in [1.165, 1.54) is 12.1 Å². The van der Waals surface area contributed by atoms with E-state index >= 15 is 0 Å². The summed E-state index contributed by atoms with van der Waals surface area (Å²) in [7, 11) is 0. The van der Waals surface area contributed by atoms with E-state index in [4.69, 9.17) is 13.9 Å². The molecular formula is C26H29NO6. The van der Waals surface area contributed by atoms with Gasteiger partial charge in [0.25, 0.3) is 5.91 Å². The highest BCUT2D eigenvalue weighted by Crippen LogP contribution is 2.32. The fourth-order valence-corrected chi connectivity index (χ4v) is 3.30. The van der Waals surface area contributed by atoms with Crippen LogP contribution in [0.4, 0.5) is 0 Å². The van der Waals surface area contributed by atoms with Gasteiger partial charge in [0.1, 0.15) is 22.6 Å². The molecule has 0 saturated carbocycles. The Morgan fingerprint density at radius 2 is 1.82 bits per heavy atom. The summed E-state index contributed by atoms with van der Waals surface area (Å²) >= 11 is 0. The molecule has 1 heterocycles. The van der Waals surface area contributed by atoms with Gasteiger partial charge in [-0.3, -0.25) is 4.79 Å². The summed E-state index contributed by atoms with van der Waals surface area (Å²) in [5.41, 5.74) is 1.36. The van der Waals surface area contributed by atoms with E-state index < -0.39 is 17.5 Å². The largest absolute Gasteiger partial charge is 0.482 e. The standard InChI is InChI=1S/C26H29NO6/c1-6-11-27-24(29)19-13-17-8-9-18(14-22(17)33-25(19)30)32-23(28)15-31-21-10-7-16(2)12-20(21)26(3,4)5/h7-10,12-14H,6,11,15H2,1-5H3,(H,27,29). The van der Waals surface area contributed by atoms with Crippen molar-refractivity contribution in [3.8, 4) is 11.5 Å². The molecule has 0 spiro atoms. The summed E-state index contributed by atoms with van der Waals surface area (Å²) in [5, 5.41) is 3.20. The molecule has 0 fully saturated rings. The molecule has 0 unspecified atom stereocenters. The lowest BCUT2D eigenvalue weighted by molar-refractivity contribution is -0.136. The van der Waals surface area contributed by atoms with Crippen molar-refractivity contribution >= 4 is 22.8 Å². The third-order valence-electron chi connectivity index (χ3n) is 5.01. The SMILES string of the molecule is CCCNC(=O)c1cc2ccc(OC(=O)COc3ccc(C)cc3C(C)(C)C)cc2oc1=O. The number of carbonyl (C=O) groups excluding carboxylic acids is 2. The van der Waals surface area contributed by atoms with E-state index in [0.29, 0.717) is 17.7 Å². The Morgan fingerprint density at radius 1 is 1.06 bits per heavy atom. The summed E-state index contributed by atoms with van der Waals surface area (Å²) < 4.78 is 16.4. The van der Waals surface area contributed by atoms with Crippen LogP contribution in [0, 0.1) is 6.92 Å². The molecule has 1 aromatic heterocycles. The van der Waals surface area contributed by atoms with Gasteiger partial charge in [-0.15, -0.1) is 0 Å². The van der Waals surface area contributed by atoms with Crippen LogP contribution in [0.15, 0.2) is 51.7 Å². The third kappa shape index (κ3) is 6.00. The Kier molecular flexibility index (Phi) is 7.21.